The molecule has 0 aromatic rings. The molecule has 0 aromatic heterocycles. The average Bonchev–Trinajstić information content (AvgIpc) is 3.01. The first-order chi connectivity index (χ1) is 7.63. The fourth-order valence-corrected chi connectivity index (χ4v) is 1.15. The molecule has 1 amide bonds. The Morgan fingerprint density at radius 1 is 1.62 bits per heavy atom. The normalized spacial score (nSPS) is 18.0. The summed E-state index contributed by atoms with van der Waals surface area (Å²) >= 11 is 0. The van der Waals surface area contributed by atoms with Crippen LogP contribution in [0.1, 0.15) is 19.8 Å². The highest BCUT2D eigenvalue weighted by molar-refractivity contribution is 5.88. The molecule has 0 aliphatic heterocycles. The highest BCUT2D eigenvalue weighted by Crippen LogP contribution is 2.22. The lowest BCUT2D eigenvalue weighted by atomic mass is 10.3. The Morgan fingerprint density at radius 2 is 2.31 bits per heavy atom. The predicted molar refractivity (Wildman–Crippen MR) is 62.1 cm³/mol. The minimum absolute atomic E-state index is 0.106. The number of hydrogen-bond acceptors (Lipinski definition) is 3. The molecule has 0 bridgehead atoms. The van der Waals surface area contributed by atoms with Gasteiger partial charge in [-0.25, -0.2) is 0 Å². The van der Waals surface area contributed by atoms with E-state index in [1.54, 1.807) is 14.0 Å². The van der Waals surface area contributed by atoms with Crippen molar-refractivity contribution in [2.75, 3.05) is 20.3 Å². The summed E-state index contributed by atoms with van der Waals surface area (Å²) in [7, 11) is 1.59. The first-order valence-corrected chi connectivity index (χ1v) is 5.50. The van der Waals surface area contributed by atoms with E-state index in [4.69, 9.17) is 10.5 Å². The largest absolute Gasteiger partial charge is 0.383 e. The van der Waals surface area contributed by atoms with Crippen LogP contribution < -0.4 is 16.4 Å². The van der Waals surface area contributed by atoms with Crippen molar-refractivity contribution >= 4 is 11.9 Å². The highest BCUT2D eigenvalue weighted by atomic mass is 16.5. The first-order valence-electron chi connectivity index (χ1n) is 5.50. The van der Waals surface area contributed by atoms with Crippen molar-refractivity contribution < 1.29 is 9.53 Å². The van der Waals surface area contributed by atoms with Gasteiger partial charge >= 0.3 is 0 Å². The lowest BCUT2D eigenvalue weighted by Gasteiger charge is -2.14. The number of methoxy groups -OCH3 is 1. The number of nitrogens with two attached hydrogens (primary N) is 1. The number of nitrogens with one attached hydrogen (secondary N) is 2. The van der Waals surface area contributed by atoms with E-state index in [1.165, 1.54) is 0 Å². The summed E-state index contributed by atoms with van der Waals surface area (Å²) in [5.74, 6) is 0.239. The van der Waals surface area contributed by atoms with Crippen molar-refractivity contribution in [3.8, 4) is 0 Å². The van der Waals surface area contributed by atoms with Gasteiger partial charge in [-0.05, 0) is 19.8 Å². The number of amides is 1. The van der Waals surface area contributed by atoms with Crippen LogP contribution in [0, 0.1) is 0 Å². The van der Waals surface area contributed by atoms with E-state index in [2.05, 4.69) is 15.6 Å². The summed E-state index contributed by atoms with van der Waals surface area (Å²) in [4.78, 5) is 15.7. The Morgan fingerprint density at radius 3 is 2.88 bits per heavy atom. The van der Waals surface area contributed by atoms with Gasteiger partial charge in [0.15, 0.2) is 5.96 Å². The smallest absolute Gasteiger partial charge is 0.242 e. The Labute approximate surface area is 95.6 Å². The second-order valence-electron chi connectivity index (χ2n) is 3.90. The SMILES string of the molecule is COCCNC(=O)C(C)NC(N)=NC1CC1. The standard InChI is InChI=1S/C10H20N4O2/c1-7(9(15)12-5-6-16-2)13-10(11)14-8-3-4-8/h7-8H,3-6H2,1-2H3,(H,12,15)(H3,11,13,14). The van der Waals surface area contributed by atoms with Gasteiger partial charge < -0.3 is 21.1 Å². The zero-order valence-corrected chi connectivity index (χ0v) is 9.82. The number of rotatable bonds is 6. The molecule has 0 aromatic carbocycles. The number of aliphatic imine (C=N–C) groups is 1. The van der Waals surface area contributed by atoms with Gasteiger partial charge in [-0.1, -0.05) is 0 Å². The average molecular weight is 228 g/mol. The van der Waals surface area contributed by atoms with E-state index < -0.39 is 0 Å². The fourth-order valence-electron chi connectivity index (χ4n) is 1.15. The maximum atomic E-state index is 11.5. The number of guanidine groups is 1. The highest BCUT2D eigenvalue weighted by Gasteiger charge is 2.21. The number of hydrogen-bond donors (Lipinski definition) is 3. The van der Waals surface area contributed by atoms with Gasteiger partial charge in [-0.2, -0.15) is 0 Å². The third-order valence-electron chi connectivity index (χ3n) is 2.23. The predicted octanol–water partition coefficient (Wildman–Crippen LogP) is -0.796. The van der Waals surface area contributed by atoms with Gasteiger partial charge in [0, 0.05) is 13.7 Å². The van der Waals surface area contributed by atoms with Crippen molar-refractivity contribution in [3.63, 3.8) is 0 Å². The molecule has 0 heterocycles. The molecule has 6 heteroatoms. The Balaban J connectivity index is 2.21. The number of carbonyl (C=O) groups excluding carboxylic acids is 1. The Kier molecular flexibility index (Phi) is 5.04. The quantitative estimate of drug-likeness (QED) is 0.315. The lowest BCUT2D eigenvalue weighted by molar-refractivity contribution is -0.122. The van der Waals surface area contributed by atoms with E-state index in [0.717, 1.165) is 12.8 Å². The molecule has 1 rings (SSSR count). The minimum atomic E-state index is -0.376. The van der Waals surface area contributed by atoms with E-state index in [-0.39, 0.29) is 11.9 Å². The molecule has 1 aliphatic carbocycles. The summed E-state index contributed by atoms with van der Waals surface area (Å²) in [5, 5.41) is 5.57. The summed E-state index contributed by atoms with van der Waals surface area (Å²) in [5.41, 5.74) is 5.64. The van der Waals surface area contributed by atoms with E-state index in [1.807, 2.05) is 0 Å². The van der Waals surface area contributed by atoms with Crippen LogP contribution in [0.25, 0.3) is 0 Å². The zero-order valence-electron chi connectivity index (χ0n) is 9.82. The van der Waals surface area contributed by atoms with Crippen molar-refractivity contribution in [3.05, 3.63) is 0 Å². The van der Waals surface area contributed by atoms with E-state index in [9.17, 15) is 4.79 Å². The number of nitrogens with zero attached hydrogens (tertiary/aromatic N) is 1. The molecular weight excluding hydrogens is 208 g/mol. The second kappa shape index (κ2) is 6.32. The number of carbonyl (C=O) groups is 1. The molecule has 0 radical (unpaired) electrons. The maximum absolute atomic E-state index is 11.5. The monoisotopic (exact) mass is 228 g/mol. The van der Waals surface area contributed by atoms with Crippen molar-refractivity contribution in [1.82, 2.24) is 10.6 Å². The van der Waals surface area contributed by atoms with E-state index >= 15 is 0 Å². The van der Waals surface area contributed by atoms with Crippen LogP contribution >= 0.6 is 0 Å². The van der Waals surface area contributed by atoms with Crippen LogP contribution in [0.3, 0.4) is 0 Å². The Hall–Kier alpha value is -1.30. The maximum Gasteiger partial charge on any atom is 0.242 e. The molecule has 16 heavy (non-hydrogen) atoms. The molecule has 1 atom stereocenters. The van der Waals surface area contributed by atoms with Gasteiger partial charge in [0.1, 0.15) is 6.04 Å². The van der Waals surface area contributed by atoms with Crippen LogP contribution in [-0.2, 0) is 9.53 Å². The van der Waals surface area contributed by atoms with Crippen LogP contribution in [0.5, 0.6) is 0 Å². The van der Waals surface area contributed by atoms with Gasteiger partial charge in [0.2, 0.25) is 5.91 Å². The molecule has 1 aliphatic rings. The van der Waals surface area contributed by atoms with Crippen LogP contribution in [0.4, 0.5) is 0 Å². The minimum Gasteiger partial charge on any atom is -0.383 e. The van der Waals surface area contributed by atoms with Crippen LogP contribution in [0.2, 0.25) is 0 Å². The molecule has 6 nitrogen and oxygen atoms in total. The molecule has 1 fully saturated rings. The molecule has 92 valence electrons. The molecule has 0 spiro atoms. The van der Waals surface area contributed by atoms with Gasteiger partial charge in [-0.15, -0.1) is 0 Å². The number of ether oxygens (including phenoxy) is 1. The van der Waals surface area contributed by atoms with E-state index in [0.29, 0.717) is 25.2 Å². The lowest BCUT2D eigenvalue weighted by Crippen LogP contribution is -2.48. The summed E-state index contributed by atoms with van der Waals surface area (Å²) in [6, 6.07) is -0.0180. The third kappa shape index (κ3) is 4.97. The van der Waals surface area contributed by atoms with Crippen LogP contribution in [-0.4, -0.2) is 44.2 Å². The summed E-state index contributed by atoms with van der Waals surface area (Å²) in [6.45, 7) is 2.75. The molecule has 0 saturated heterocycles. The zero-order chi connectivity index (χ0) is 12.0. The third-order valence-corrected chi connectivity index (χ3v) is 2.23. The summed E-state index contributed by atoms with van der Waals surface area (Å²) in [6.07, 6.45) is 2.19. The Bertz CT molecular complexity index is 264. The van der Waals surface area contributed by atoms with Gasteiger partial charge in [0.25, 0.3) is 0 Å². The van der Waals surface area contributed by atoms with Crippen molar-refractivity contribution in [1.29, 1.82) is 0 Å². The van der Waals surface area contributed by atoms with Crippen molar-refractivity contribution in [2.45, 2.75) is 31.8 Å². The van der Waals surface area contributed by atoms with Crippen LogP contribution in [0.15, 0.2) is 4.99 Å². The van der Waals surface area contributed by atoms with Gasteiger partial charge in [-0.3, -0.25) is 9.79 Å². The molecule has 4 N–H and O–H groups in total. The second-order valence-corrected chi connectivity index (χ2v) is 3.90. The van der Waals surface area contributed by atoms with Crippen molar-refractivity contribution in [2.24, 2.45) is 10.7 Å². The topological polar surface area (TPSA) is 88.7 Å². The first kappa shape index (κ1) is 12.8. The molecule has 1 unspecified atom stereocenters. The fraction of sp³-hybridized carbons (Fsp3) is 0.800. The molecular formula is C10H20N4O2. The summed E-state index contributed by atoms with van der Waals surface area (Å²) < 4.78 is 4.83. The van der Waals surface area contributed by atoms with Gasteiger partial charge in [0.05, 0.1) is 12.6 Å². The molecule has 1 saturated carbocycles.